The molecule has 0 saturated carbocycles. The Labute approximate surface area is 146 Å². The summed E-state index contributed by atoms with van der Waals surface area (Å²) in [5.41, 5.74) is 1.94. The predicted octanol–water partition coefficient (Wildman–Crippen LogP) is 3.24. The topological polar surface area (TPSA) is 81.2 Å². The van der Waals surface area contributed by atoms with E-state index in [0.29, 0.717) is 24.0 Å². The summed E-state index contributed by atoms with van der Waals surface area (Å²) in [6, 6.07) is 11.3. The fourth-order valence-electron chi connectivity index (χ4n) is 2.25. The summed E-state index contributed by atoms with van der Waals surface area (Å²) >= 11 is 0. The Kier molecular flexibility index (Phi) is 5.26. The number of nitrogens with zero attached hydrogens (tertiary/aromatic N) is 3. The first kappa shape index (κ1) is 16.5. The molecule has 0 radical (unpaired) electrons. The lowest BCUT2D eigenvalue weighted by atomic mass is 10.2. The number of rotatable bonds is 7. The summed E-state index contributed by atoms with van der Waals surface area (Å²) in [7, 11) is 3.20. The van der Waals surface area contributed by atoms with Gasteiger partial charge >= 0.3 is 0 Å². The molecule has 3 rings (SSSR count). The molecule has 0 amide bonds. The zero-order chi connectivity index (χ0) is 17.5. The lowest BCUT2D eigenvalue weighted by molar-refractivity contribution is 0.355. The maximum absolute atomic E-state index is 5.30. The molecule has 0 aliphatic rings. The van der Waals surface area contributed by atoms with Crippen molar-refractivity contribution < 1.29 is 9.47 Å². The summed E-state index contributed by atoms with van der Waals surface area (Å²) < 4.78 is 10.5. The van der Waals surface area contributed by atoms with E-state index in [2.05, 4.69) is 25.6 Å². The van der Waals surface area contributed by atoms with E-state index in [-0.39, 0.29) is 0 Å². The van der Waals surface area contributed by atoms with Crippen LogP contribution in [0.4, 0.5) is 17.5 Å². The summed E-state index contributed by atoms with van der Waals surface area (Å²) in [4.78, 5) is 12.7. The van der Waals surface area contributed by atoms with Crippen LogP contribution in [0.5, 0.6) is 11.5 Å². The standard InChI is InChI=1S/C18H19N5O2/c1-24-15-4-3-14(11-16(15)25-2)22-18-20-10-7-17(23-18)21-12-13-5-8-19-9-6-13/h3-11H,12H2,1-2H3,(H2,20,21,22,23). The third-order valence-electron chi connectivity index (χ3n) is 3.52. The molecule has 0 saturated heterocycles. The van der Waals surface area contributed by atoms with Crippen molar-refractivity contribution in [2.45, 2.75) is 6.54 Å². The van der Waals surface area contributed by atoms with Crippen LogP contribution in [0.25, 0.3) is 0 Å². The van der Waals surface area contributed by atoms with Gasteiger partial charge in [0.2, 0.25) is 5.95 Å². The molecule has 2 heterocycles. The number of benzene rings is 1. The van der Waals surface area contributed by atoms with Gasteiger partial charge in [-0.15, -0.1) is 0 Å². The van der Waals surface area contributed by atoms with Gasteiger partial charge in [0, 0.05) is 36.9 Å². The molecule has 0 unspecified atom stereocenters. The van der Waals surface area contributed by atoms with E-state index in [0.717, 1.165) is 17.1 Å². The third-order valence-corrected chi connectivity index (χ3v) is 3.52. The van der Waals surface area contributed by atoms with Crippen molar-refractivity contribution in [2.24, 2.45) is 0 Å². The molecule has 1 aromatic carbocycles. The second-order valence-electron chi connectivity index (χ2n) is 5.17. The van der Waals surface area contributed by atoms with Crippen LogP contribution in [-0.4, -0.2) is 29.2 Å². The Hall–Kier alpha value is -3.35. The summed E-state index contributed by atoms with van der Waals surface area (Å²) in [5.74, 6) is 2.53. The van der Waals surface area contributed by atoms with Gasteiger partial charge in [0.1, 0.15) is 5.82 Å². The molecule has 25 heavy (non-hydrogen) atoms. The molecule has 2 aromatic heterocycles. The summed E-state index contributed by atoms with van der Waals surface area (Å²) in [6.07, 6.45) is 5.23. The molecule has 0 aliphatic heterocycles. The van der Waals surface area contributed by atoms with Crippen molar-refractivity contribution in [1.82, 2.24) is 15.0 Å². The minimum Gasteiger partial charge on any atom is -0.493 e. The molecular formula is C18H19N5O2. The van der Waals surface area contributed by atoms with Crippen LogP contribution in [0, 0.1) is 0 Å². The van der Waals surface area contributed by atoms with Gasteiger partial charge in [-0.2, -0.15) is 4.98 Å². The van der Waals surface area contributed by atoms with Crippen LogP contribution in [0.1, 0.15) is 5.56 Å². The van der Waals surface area contributed by atoms with Crippen molar-refractivity contribution in [2.75, 3.05) is 24.9 Å². The van der Waals surface area contributed by atoms with E-state index < -0.39 is 0 Å². The minimum absolute atomic E-state index is 0.493. The number of hydrogen-bond acceptors (Lipinski definition) is 7. The molecule has 7 heteroatoms. The normalized spacial score (nSPS) is 10.2. The van der Waals surface area contributed by atoms with E-state index in [1.807, 2.05) is 36.4 Å². The van der Waals surface area contributed by atoms with Gasteiger partial charge in [0.15, 0.2) is 11.5 Å². The van der Waals surface area contributed by atoms with Crippen molar-refractivity contribution in [3.63, 3.8) is 0 Å². The van der Waals surface area contributed by atoms with E-state index in [1.54, 1.807) is 32.8 Å². The molecule has 0 atom stereocenters. The lowest BCUT2D eigenvalue weighted by Crippen LogP contribution is -2.04. The van der Waals surface area contributed by atoms with Crippen molar-refractivity contribution >= 4 is 17.5 Å². The second-order valence-corrected chi connectivity index (χ2v) is 5.17. The Balaban J connectivity index is 1.69. The predicted molar refractivity (Wildman–Crippen MR) is 96.4 cm³/mol. The Bertz CT molecular complexity index is 827. The van der Waals surface area contributed by atoms with Gasteiger partial charge in [-0.25, -0.2) is 4.98 Å². The fraction of sp³-hybridized carbons (Fsp3) is 0.167. The molecule has 0 aliphatic carbocycles. The number of nitrogens with one attached hydrogen (secondary N) is 2. The largest absolute Gasteiger partial charge is 0.493 e. The van der Waals surface area contributed by atoms with Crippen molar-refractivity contribution in [3.05, 3.63) is 60.6 Å². The van der Waals surface area contributed by atoms with Crippen LogP contribution in [-0.2, 0) is 6.54 Å². The fourth-order valence-corrected chi connectivity index (χ4v) is 2.25. The van der Waals surface area contributed by atoms with Crippen LogP contribution in [0.15, 0.2) is 55.0 Å². The Morgan fingerprint density at radius 3 is 2.48 bits per heavy atom. The zero-order valence-electron chi connectivity index (χ0n) is 14.1. The first-order valence-corrected chi connectivity index (χ1v) is 7.73. The lowest BCUT2D eigenvalue weighted by Gasteiger charge is -2.11. The van der Waals surface area contributed by atoms with Crippen LogP contribution >= 0.6 is 0 Å². The van der Waals surface area contributed by atoms with Crippen LogP contribution in [0.3, 0.4) is 0 Å². The van der Waals surface area contributed by atoms with Crippen molar-refractivity contribution in [1.29, 1.82) is 0 Å². The number of aromatic nitrogens is 3. The molecule has 7 nitrogen and oxygen atoms in total. The summed E-state index contributed by atoms with van der Waals surface area (Å²) in [5, 5.41) is 6.43. The van der Waals surface area contributed by atoms with Crippen LogP contribution < -0.4 is 20.1 Å². The Morgan fingerprint density at radius 1 is 0.920 bits per heavy atom. The molecule has 0 spiro atoms. The average molecular weight is 337 g/mol. The van der Waals surface area contributed by atoms with E-state index in [9.17, 15) is 0 Å². The highest BCUT2D eigenvalue weighted by Crippen LogP contribution is 2.30. The first-order valence-electron chi connectivity index (χ1n) is 7.73. The van der Waals surface area contributed by atoms with E-state index in [4.69, 9.17) is 9.47 Å². The minimum atomic E-state index is 0.493. The van der Waals surface area contributed by atoms with E-state index >= 15 is 0 Å². The van der Waals surface area contributed by atoms with Crippen LogP contribution in [0.2, 0.25) is 0 Å². The first-order chi connectivity index (χ1) is 12.3. The molecule has 0 fully saturated rings. The molecule has 3 aromatic rings. The van der Waals surface area contributed by atoms with Gasteiger partial charge < -0.3 is 20.1 Å². The highest BCUT2D eigenvalue weighted by Gasteiger charge is 2.06. The molecule has 0 bridgehead atoms. The highest BCUT2D eigenvalue weighted by atomic mass is 16.5. The molecule has 128 valence electrons. The number of anilines is 3. The van der Waals surface area contributed by atoms with Gasteiger partial charge in [-0.1, -0.05) is 0 Å². The zero-order valence-corrected chi connectivity index (χ0v) is 14.1. The maximum atomic E-state index is 5.30. The third kappa shape index (κ3) is 4.35. The van der Waals surface area contributed by atoms with Gasteiger partial charge in [-0.05, 0) is 35.9 Å². The molecular weight excluding hydrogens is 318 g/mol. The molecule has 2 N–H and O–H groups in total. The van der Waals surface area contributed by atoms with Gasteiger partial charge in [0.05, 0.1) is 14.2 Å². The number of pyridine rings is 1. The number of ether oxygens (including phenoxy) is 2. The van der Waals surface area contributed by atoms with Gasteiger partial charge in [0.25, 0.3) is 0 Å². The number of methoxy groups -OCH3 is 2. The monoisotopic (exact) mass is 337 g/mol. The highest BCUT2D eigenvalue weighted by molar-refractivity contribution is 5.60. The number of hydrogen-bond donors (Lipinski definition) is 2. The summed E-state index contributed by atoms with van der Waals surface area (Å²) in [6.45, 7) is 0.662. The quantitative estimate of drug-likeness (QED) is 0.685. The second kappa shape index (κ2) is 7.96. The maximum Gasteiger partial charge on any atom is 0.229 e. The Morgan fingerprint density at radius 2 is 1.72 bits per heavy atom. The van der Waals surface area contributed by atoms with Crippen molar-refractivity contribution in [3.8, 4) is 11.5 Å². The van der Waals surface area contributed by atoms with Gasteiger partial charge in [-0.3, -0.25) is 4.98 Å². The smallest absolute Gasteiger partial charge is 0.229 e. The van der Waals surface area contributed by atoms with E-state index in [1.165, 1.54) is 0 Å². The average Bonchev–Trinajstić information content (AvgIpc) is 2.67. The SMILES string of the molecule is COc1ccc(Nc2nccc(NCc3ccncc3)n2)cc1OC.